The highest BCUT2D eigenvalue weighted by atomic mass is 35.5. The molecule has 0 N–H and O–H groups in total. The van der Waals surface area contributed by atoms with E-state index in [4.69, 9.17) is 11.6 Å². The van der Waals surface area contributed by atoms with Crippen LogP contribution in [0.4, 0.5) is 15.9 Å². The summed E-state index contributed by atoms with van der Waals surface area (Å²) in [6.45, 7) is 0.690. The number of pyridine rings is 1. The van der Waals surface area contributed by atoms with Crippen LogP contribution in [0.3, 0.4) is 0 Å². The van der Waals surface area contributed by atoms with Crippen LogP contribution < -0.4 is 4.90 Å². The van der Waals surface area contributed by atoms with Crippen molar-refractivity contribution in [3.63, 3.8) is 0 Å². The average Bonchev–Trinajstić information content (AvgIpc) is 3.45. The molecule has 9 heteroatoms. The smallest absolute Gasteiger partial charge is 0.144 e. The van der Waals surface area contributed by atoms with Crippen LogP contribution in [0, 0.1) is 5.82 Å². The first-order chi connectivity index (χ1) is 16.1. The van der Waals surface area contributed by atoms with Gasteiger partial charge in [-0.2, -0.15) is 0 Å². The van der Waals surface area contributed by atoms with Crippen molar-refractivity contribution in [1.82, 2.24) is 29.9 Å². The van der Waals surface area contributed by atoms with Crippen LogP contribution in [0.25, 0.3) is 33.3 Å². The Balaban J connectivity index is 1.46. The van der Waals surface area contributed by atoms with Crippen LogP contribution in [-0.2, 0) is 13.5 Å². The maximum Gasteiger partial charge on any atom is 0.144 e. The molecule has 2 aromatic carbocycles. The van der Waals surface area contributed by atoms with E-state index in [1.807, 2.05) is 37.6 Å². The van der Waals surface area contributed by atoms with E-state index < -0.39 is 5.82 Å². The monoisotopic (exact) mass is 457 g/mol. The molecule has 1 aliphatic heterocycles. The number of nitrogens with zero attached hydrogens (tertiary/aromatic N) is 7. The summed E-state index contributed by atoms with van der Waals surface area (Å²) < 4.78 is 15.6. The summed E-state index contributed by atoms with van der Waals surface area (Å²) in [6.07, 6.45) is 7.71. The Hall–Kier alpha value is -3.91. The standard InChI is InChI=1S/C24H17ClFN7/c1-32-12-22(30-31-32)17-6-16(10-27-11-17)14-2-3-21-18(7-14)24(29-13-28-21)33-5-4-15-8-20(26)19(25)9-23(15)33/h2-3,6-13H,4-5H2,1H3. The Kier molecular flexibility index (Phi) is 4.55. The number of aryl methyl sites for hydroxylation is 1. The molecule has 6 rings (SSSR count). The van der Waals surface area contributed by atoms with Crippen molar-refractivity contribution < 1.29 is 4.39 Å². The zero-order chi connectivity index (χ0) is 22.5. The fourth-order valence-electron chi connectivity index (χ4n) is 4.26. The molecule has 162 valence electrons. The summed E-state index contributed by atoms with van der Waals surface area (Å²) in [5.74, 6) is 0.365. The SMILES string of the molecule is Cn1cc(-c2cncc(-c3ccc4ncnc(N5CCc6cc(F)c(Cl)cc65)c4c3)c2)nn1. The maximum absolute atomic E-state index is 14.0. The lowest BCUT2D eigenvalue weighted by Crippen LogP contribution is -2.15. The Labute approximate surface area is 193 Å². The molecule has 7 nitrogen and oxygen atoms in total. The van der Waals surface area contributed by atoms with Crippen LogP contribution in [0.1, 0.15) is 5.56 Å². The van der Waals surface area contributed by atoms with Gasteiger partial charge in [-0.3, -0.25) is 9.67 Å². The predicted molar refractivity (Wildman–Crippen MR) is 125 cm³/mol. The van der Waals surface area contributed by atoms with Gasteiger partial charge in [-0.15, -0.1) is 5.10 Å². The molecule has 0 amide bonds. The number of benzene rings is 2. The second-order valence-electron chi connectivity index (χ2n) is 7.97. The van der Waals surface area contributed by atoms with E-state index in [1.54, 1.807) is 23.3 Å². The molecule has 33 heavy (non-hydrogen) atoms. The number of rotatable bonds is 3. The number of hydrogen-bond acceptors (Lipinski definition) is 6. The highest BCUT2D eigenvalue weighted by Crippen LogP contribution is 2.39. The van der Waals surface area contributed by atoms with Crippen LogP contribution in [0.5, 0.6) is 0 Å². The van der Waals surface area contributed by atoms with Gasteiger partial charge in [0.2, 0.25) is 0 Å². The van der Waals surface area contributed by atoms with Crippen molar-refractivity contribution in [2.75, 3.05) is 11.4 Å². The number of halogens is 2. The molecule has 1 aliphatic rings. The molecule has 0 atom stereocenters. The molecular formula is C24H17ClFN7. The lowest BCUT2D eigenvalue weighted by Gasteiger charge is -2.20. The Bertz CT molecular complexity index is 1530. The third kappa shape index (κ3) is 3.39. The van der Waals surface area contributed by atoms with Gasteiger partial charge in [0, 0.05) is 48.2 Å². The van der Waals surface area contributed by atoms with E-state index in [0.29, 0.717) is 6.54 Å². The van der Waals surface area contributed by atoms with E-state index in [9.17, 15) is 4.39 Å². The zero-order valence-electron chi connectivity index (χ0n) is 17.6. The summed E-state index contributed by atoms with van der Waals surface area (Å²) in [7, 11) is 1.83. The first kappa shape index (κ1) is 19.8. The van der Waals surface area contributed by atoms with Crippen molar-refractivity contribution in [2.24, 2.45) is 7.05 Å². The predicted octanol–water partition coefficient (Wildman–Crippen LogP) is 4.97. The molecule has 0 spiro atoms. The topological polar surface area (TPSA) is 72.6 Å². The summed E-state index contributed by atoms with van der Waals surface area (Å²) in [6, 6.07) is 11.3. The van der Waals surface area contributed by atoms with Crippen LogP contribution in [-0.4, -0.2) is 36.5 Å². The number of fused-ring (bicyclic) bond motifs is 2. The van der Waals surface area contributed by atoms with E-state index in [0.717, 1.165) is 56.8 Å². The van der Waals surface area contributed by atoms with Gasteiger partial charge in [0.15, 0.2) is 0 Å². The Morgan fingerprint density at radius 2 is 1.88 bits per heavy atom. The lowest BCUT2D eigenvalue weighted by atomic mass is 10.0. The first-order valence-corrected chi connectivity index (χ1v) is 10.8. The number of hydrogen-bond donors (Lipinski definition) is 0. The molecule has 3 aromatic heterocycles. The third-order valence-corrected chi connectivity index (χ3v) is 6.15. The molecule has 0 aliphatic carbocycles. The summed E-state index contributed by atoms with van der Waals surface area (Å²) in [5, 5.41) is 9.19. The Morgan fingerprint density at radius 3 is 2.73 bits per heavy atom. The van der Waals surface area contributed by atoms with Crippen LogP contribution >= 0.6 is 11.6 Å². The molecule has 0 unspecified atom stereocenters. The first-order valence-electron chi connectivity index (χ1n) is 10.4. The fraction of sp³-hybridized carbons (Fsp3) is 0.125. The van der Waals surface area contributed by atoms with Gasteiger partial charge in [-0.05, 0) is 47.9 Å². The second kappa shape index (κ2) is 7.60. The van der Waals surface area contributed by atoms with Crippen molar-refractivity contribution in [3.05, 3.63) is 77.7 Å². The number of aromatic nitrogens is 6. The van der Waals surface area contributed by atoms with Gasteiger partial charge in [0.1, 0.15) is 23.7 Å². The molecule has 0 bridgehead atoms. The summed E-state index contributed by atoms with van der Waals surface area (Å²) in [5.41, 5.74) is 6.18. The molecule has 5 aromatic rings. The highest BCUT2D eigenvalue weighted by Gasteiger charge is 2.25. The summed E-state index contributed by atoms with van der Waals surface area (Å²) >= 11 is 6.08. The normalized spacial score (nSPS) is 13.0. The van der Waals surface area contributed by atoms with Gasteiger partial charge in [0.25, 0.3) is 0 Å². The zero-order valence-corrected chi connectivity index (χ0v) is 18.3. The highest BCUT2D eigenvalue weighted by molar-refractivity contribution is 6.31. The minimum Gasteiger partial charge on any atom is -0.325 e. The van der Waals surface area contributed by atoms with Gasteiger partial charge in [-0.1, -0.05) is 22.9 Å². The van der Waals surface area contributed by atoms with E-state index in [1.165, 1.54) is 6.07 Å². The van der Waals surface area contributed by atoms with Crippen LogP contribution in [0.2, 0.25) is 5.02 Å². The molecule has 4 heterocycles. The largest absolute Gasteiger partial charge is 0.325 e. The van der Waals surface area contributed by atoms with E-state index in [2.05, 4.69) is 36.2 Å². The van der Waals surface area contributed by atoms with Gasteiger partial charge >= 0.3 is 0 Å². The fourth-order valence-corrected chi connectivity index (χ4v) is 4.41. The maximum atomic E-state index is 14.0. The quantitative estimate of drug-likeness (QED) is 0.380. The van der Waals surface area contributed by atoms with Crippen molar-refractivity contribution >= 4 is 34.0 Å². The van der Waals surface area contributed by atoms with Gasteiger partial charge < -0.3 is 4.90 Å². The third-order valence-electron chi connectivity index (χ3n) is 5.86. The van der Waals surface area contributed by atoms with Crippen molar-refractivity contribution in [2.45, 2.75) is 6.42 Å². The number of anilines is 2. The molecule has 0 radical (unpaired) electrons. The van der Waals surface area contributed by atoms with E-state index >= 15 is 0 Å². The lowest BCUT2D eigenvalue weighted by molar-refractivity contribution is 0.627. The average molecular weight is 458 g/mol. The second-order valence-corrected chi connectivity index (χ2v) is 8.37. The minimum atomic E-state index is -0.400. The molecule has 0 fully saturated rings. The summed E-state index contributed by atoms with van der Waals surface area (Å²) in [4.78, 5) is 15.5. The Morgan fingerprint density at radius 1 is 1.00 bits per heavy atom. The molecule has 0 saturated heterocycles. The van der Waals surface area contributed by atoms with Crippen molar-refractivity contribution in [3.8, 4) is 22.4 Å². The van der Waals surface area contributed by atoms with Gasteiger partial charge in [0.05, 0.1) is 16.7 Å². The van der Waals surface area contributed by atoms with Gasteiger partial charge in [-0.25, -0.2) is 14.4 Å². The van der Waals surface area contributed by atoms with E-state index in [-0.39, 0.29) is 5.02 Å². The minimum absolute atomic E-state index is 0.103. The van der Waals surface area contributed by atoms with Crippen molar-refractivity contribution in [1.29, 1.82) is 0 Å². The van der Waals surface area contributed by atoms with Crippen LogP contribution in [0.15, 0.2) is 61.3 Å². The molecular weight excluding hydrogens is 441 g/mol. The molecule has 0 saturated carbocycles.